The Morgan fingerprint density at radius 2 is 1.86 bits per heavy atom. The predicted octanol–water partition coefficient (Wildman–Crippen LogP) is 5.53. The third-order valence-corrected chi connectivity index (χ3v) is 7.74. The van der Waals surface area contributed by atoms with Crippen molar-refractivity contribution in [3.63, 3.8) is 0 Å². The van der Waals surface area contributed by atoms with Crippen LogP contribution in [0.5, 0.6) is 0 Å². The van der Waals surface area contributed by atoms with Crippen LogP contribution in [0.4, 0.5) is 11.5 Å². The number of aryl methyl sites for hydroxylation is 2. The summed E-state index contributed by atoms with van der Waals surface area (Å²) in [5.74, 6) is 0.516. The van der Waals surface area contributed by atoms with Crippen LogP contribution in [0.3, 0.4) is 0 Å². The molecule has 4 heterocycles. The molecule has 0 aromatic carbocycles. The van der Waals surface area contributed by atoms with E-state index in [-0.39, 0.29) is 5.91 Å². The summed E-state index contributed by atoms with van der Waals surface area (Å²) in [4.78, 5) is 26.0. The predicted molar refractivity (Wildman–Crippen MR) is 147 cm³/mol. The number of carbonyl (C=O) groups is 1. The van der Waals surface area contributed by atoms with E-state index in [9.17, 15) is 4.79 Å². The van der Waals surface area contributed by atoms with Crippen molar-refractivity contribution in [2.75, 3.05) is 19.0 Å². The molecule has 0 aliphatic heterocycles. The van der Waals surface area contributed by atoms with Gasteiger partial charge in [0.1, 0.15) is 12.5 Å². The molecule has 0 bridgehead atoms. The van der Waals surface area contributed by atoms with E-state index in [1.54, 1.807) is 19.4 Å². The van der Waals surface area contributed by atoms with Crippen LogP contribution >= 0.6 is 0 Å². The molecule has 9 heteroatoms. The lowest BCUT2D eigenvalue weighted by Crippen LogP contribution is -2.22. The standard InChI is InChI=1S/C27H34N6O2Si/c1-18-13-24(32-20-8-7-19(2)30-14-20)31-15-22(18)23-16-33(17-35-11-12-36(4,5)6)26-21(23)9-10-29-25(26)27(34)28-3/h7-10,13-16H,11-12,17H2,1-6H3,(H,28,34)(H,31,32). The summed E-state index contributed by atoms with van der Waals surface area (Å²) < 4.78 is 8.03. The van der Waals surface area contributed by atoms with Gasteiger partial charge in [0, 0.05) is 62.5 Å². The summed E-state index contributed by atoms with van der Waals surface area (Å²) in [5, 5.41) is 6.96. The lowest BCUT2D eigenvalue weighted by atomic mass is 10.0. The average molecular weight is 503 g/mol. The molecule has 4 aromatic heterocycles. The fourth-order valence-corrected chi connectivity index (χ4v) is 4.75. The Bertz CT molecular complexity index is 1380. The number of hydrogen-bond acceptors (Lipinski definition) is 6. The number of amides is 1. The highest BCUT2D eigenvalue weighted by molar-refractivity contribution is 6.76. The van der Waals surface area contributed by atoms with Gasteiger partial charge >= 0.3 is 0 Å². The minimum absolute atomic E-state index is 0.227. The van der Waals surface area contributed by atoms with Crippen molar-refractivity contribution in [3.05, 3.63) is 66.0 Å². The number of rotatable bonds is 9. The molecule has 2 N–H and O–H groups in total. The molecular formula is C27H34N6O2Si. The second kappa shape index (κ2) is 10.6. The van der Waals surface area contributed by atoms with Crippen LogP contribution in [0.2, 0.25) is 25.7 Å². The Morgan fingerprint density at radius 3 is 2.53 bits per heavy atom. The summed E-state index contributed by atoms with van der Waals surface area (Å²) in [6, 6.07) is 8.98. The monoisotopic (exact) mass is 502 g/mol. The summed E-state index contributed by atoms with van der Waals surface area (Å²) in [7, 11) is 0.412. The summed E-state index contributed by atoms with van der Waals surface area (Å²) >= 11 is 0. The van der Waals surface area contributed by atoms with Gasteiger partial charge in [0.05, 0.1) is 17.4 Å². The molecule has 1 amide bonds. The van der Waals surface area contributed by atoms with Gasteiger partial charge in [-0.3, -0.25) is 9.78 Å². The Labute approximate surface area is 213 Å². The largest absolute Gasteiger partial charge is 0.361 e. The molecule has 0 atom stereocenters. The molecule has 4 rings (SSSR count). The number of nitrogens with one attached hydrogen (secondary N) is 2. The molecule has 36 heavy (non-hydrogen) atoms. The van der Waals surface area contributed by atoms with Crippen molar-refractivity contribution < 1.29 is 9.53 Å². The minimum Gasteiger partial charge on any atom is -0.361 e. The number of aromatic nitrogens is 4. The molecule has 0 saturated heterocycles. The highest BCUT2D eigenvalue weighted by Gasteiger charge is 2.20. The van der Waals surface area contributed by atoms with E-state index in [0.717, 1.165) is 50.8 Å². The molecule has 188 valence electrons. The van der Waals surface area contributed by atoms with Crippen LogP contribution in [0, 0.1) is 13.8 Å². The van der Waals surface area contributed by atoms with Crippen molar-refractivity contribution in [2.45, 2.75) is 46.3 Å². The van der Waals surface area contributed by atoms with Gasteiger partial charge in [-0.1, -0.05) is 19.6 Å². The number of anilines is 2. The second-order valence-corrected chi connectivity index (χ2v) is 15.8. The van der Waals surface area contributed by atoms with E-state index in [1.165, 1.54) is 0 Å². The van der Waals surface area contributed by atoms with E-state index in [2.05, 4.69) is 52.2 Å². The normalized spacial score (nSPS) is 11.6. The van der Waals surface area contributed by atoms with Crippen molar-refractivity contribution in [3.8, 4) is 11.1 Å². The zero-order valence-corrected chi connectivity index (χ0v) is 22.8. The van der Waals surface area contributed by atoms with Crippen molar-refractivity contribution >= 4 is 36.4 Å². The number of hydrogen-bond donors (Lipinski definition) is 2. The summed E-state index contributed by atoms with van der Waals surface area (Å²) in [6.07, 6.45) is 7.37. The van der Waals surface area contributed by atoms with E-state index in [0.29, 0.717) is 19.0 Å². The third kappa shape index (κ3) is 5.80. The molecule has 0 aliphatic carbocycles. The molecule has 0 saturated carbocycles. The van der Waals surface area contributed by atoms with Crippen molar-refractivity contribution in [2.24, 2.45) is 0 Å². The van der Waals surface area contributed by atoms with Crippen LogP contribution in [0.1, 0.15) is 21.7 Å². The maximum atomic E-state index is 12.6. The Hall–Kier alpha value is -3.56. The first kappa shape index (κ1) is 25.5. The first-order valence-electron chi connectivity index (χ1n) is 12.1. The van der Waals surface area contributed by atoms with Gasteiger partial charge in [0.15, 0.2) is 5.69 Å². The summed E-state index contributed by atoms with van der Waals surface area (Å²) in [6.45, 7) is 12.0. The van der Waals surface area contributed by atoms with Gasteiger partial charge in [0.2, 0.25) is 0 Å². The van der Waals surface area contributed by atoms with Gasteiger partial charge in [-0.2, -0.15) is 0 Å². The number of fused-ring (bicyclic) bond motifs is 1. The Morgan fingerprint density at radius 1 is 1.06 bits per heavy atom. The molecule has 0 radical (unpaired) electrons. The second-order valence-electron chi connectivity index (χ2n) is 10.2. The van der Waals surface area contributed by atoms with E-state index < -0.39 is 8.07 Å². The lowest BCUT2D eigenvalue weighted by Gasteiger charge is -2.16. The highest BCUT2D eigenvalue weighted by Crippen LogP contribution is 2.34. The molecule has 0 fully saturated rings. The highest BCUT2D eigenvalue weighted by atomic mass is 28.3. The molecule has 4 aromatic rings. The molecular weight excluding hydrogens is 468 g/mol. The minimum atomic E-state index is -1.20. The summed E-state index contributed by atoms with van der Waals surface area (Å²) in [5.41, 5.74) is 6.02. The molecule has 0 aliphatic rings. The third-order valence-electron chi connectivity index (χ3n) is 6.04. The topological polar surface area (TPSA) is 94.0 Å². The van der Waals surface area contributed by atoms with Crippen LogP contribution < -0.4 is 10.6 Å². The first-order chi connectivity index (χ1) is 17.2. The zero-order chi connectivity index (χ0) is 25.9. The van der Waals surface area contributed by atoms with Gasteiger partial charge in [-0.15, -0.1) is 0 Å². The molecule has 0 spiro atoms. The van der Waals surface area contributed by atoms with E-state index >= 15 is 0 Å². The Balaban J connectivity index is 1.70. The van der Waals surface area contributed by atoms with Crippen molar-refractivity contribution in [1.29, 1.82) is 0 Å². The number of ether oxygens (including phenoxy) is 1. The van der Waals surface area contributed by atoms with Crippen LogP contribution in [-0.4, -0.2) is 47.2 Å². The lowest BCUT2D eigenvalue weighted by molar-refractivity contribution is 0.0895. The molecule has 0 unspecified atom stereocenters. The van der Waals surface area contributed by atoms with Crippen molar-refractivity contribution in [1.82, 2.24) is 24.8 Å². The van der Waals surface area contributed by atoms with E-state index in [4.69, 9.17) is 4.74 Å². The SMILES string of the molecule is CNC(=O)c1nccc2c(-c3cnc(Nc4ccc(C)nc4)cc3C)cn(COCC[Si](C)(C)C)c12. The molecule has 8 nitrogen and oxygen atoms in total. The van der Waals surface area contributed by atoms with Gasteiger partial charge < -0.3 is 19.9 Å². The average Bonchev–Trinajstić information content (AvgIpc) is 3.21. The van der Waals surface area contributed by atoms with Gasteiger partial charge in [-0.05, 0) is 49.7 Å². The fourth-order valence-electron chi connectivity index (χ4n) is 3.99. The zero-order valence-electron chi connectivity index (χ0n) is 21.8. The number of nitrogens with zero attached hydrogens (tertiary/aromatic N) is 4. The Kier molecular flexibility index (Phi) is 7.51. The van der Waals surface area contributed by atoms with E-state index in [1.807, 2.05) is 48.1 Å². The smallest absolute Gasteiger partial charge is 0.271 e. The van der Waals surface area contributed by atoms with Crippen LogP contribution in [-0.2, 0) is 11.5 Å². The maximum Gasteiger partial charge on any atom is 0.271 e. The fraction of sp³-hybridized carbons (Fsp3) is 0.333. The number of carbonyl (C=O) groups excluding carboxylic acids is 1. The number of pyridine rings is 3. The van der Waals surface area contributed by atoms with Crippen LogP contribution in [0.15, 0.2) is 49.1 Å². The van der Waals surface area contributed by atoms with Gasteiger partial charge in [0.25, 0.3) is 5.91 Å². The first-order valence-corrected chi connectivity index (χ1v) is 15.8. The van der Waals surface area contributed by atoms with Crippen LogP contribution in [0.25, 0.3) is 22.0 Å². The maximum absolute atomic E-state index is 12.6. The quantitative estimate of drug-likeness (QED) is 0.231. The van der Waals surface area contributed by atoms with Gasteiger partial charge in [-0.25, -0.2) is 9.97 Å².